The number of nitrogens with zero attached hydrogens (tertiary/aromatic N) is 2. The molecule has 0 aliphatic rings. The molecule has 1 amide bonds. The molecule has 5 heteroatoms. The number of hydrogen-bond donors (Lipinski definition) is 1. The van der Waals surface area contributed by atoms with E-state index in [1.54, 1.807) is 30.3 Å². The number of carboxylic acids is 1. The van der Waals surface area contributed by atoms with Gasteiger partial charge in [-0.3, -0.25) is 9.59 Å². The minimum Gasteiger partial charge on any atom is -0.480 e. The number of carboxylic acid groups (broad SMARTS) is 1. The zero-order chi connectivity index (χ0) is 13.0. The predicted molar refractivity (Wildman–Crippen MR) is 63.9 cm³/mol. The van der Waals surface area contributed by atoms with Gasteiger partial charge in [0.25, 0.3) is 5.91 Å². The van der Waals surface area contributed by atoms with E-state index in [1.807, 2.05) is 13.8 Å². The van der Waals surface area contributed by atoms with E-state index in [4.69, 9.17) is 5.11 Å². The molecule has 0 aliphatic carbocycles. The second kappa shape index (κ2) is 5.52. The van der Waals surface area contributed by atoms with E-state index >= 15 is 0 Å². The highest BCUT2D eigenvalue weighted by atomic mass is 16.4. The van der Waals surface area contributed by atoms with Crippen molar-refractivity contribution in [2.45, 2.75) is 20.4 Å². The fraction of sp³-hybridized carbons (Fsp3) is 0.500. The Balaban J connectivity index is 2.81. The fourth-order valence-corrected chi connectivity index (χ4v) is 1.72. The molecule has 0 aromatic carbocycles. The maximum absolute atomic E-state index is 12.1. The van der Waals surface area contributed by atoms with Crippen molar-refractivity contribution in [2.75, 3.05) is 13.6 Å². The number of aromatic nitrogens is 1. The van der Waals surface area contributed by atoms with Crippen molar-refractivity contribution >= 4 is 11.9 Å². The molecule has 0 spiro atoms. The quantitative estimate of drug-likeness (QED) is 0.841. The number of carbonyl (C=O) groups is 2. The maximum atomic E-state index is 12.1. The third kappa shape index (κ3) is 3.62. The van der Waals surface area contributed by atoms with Crippen molar-refractivity contribution < 1.29 is 14.7 Å². The lowest BCUT2D eigenvalue weighted by Crippen LogP contribution is -2.32. The van der Waals surface area contributed by atoms with E-state index in [0.29, 0.717) is 18.2 Å². The molecule has 1 N–H and O–H groups in total. The summed E-state index contributed by atoms with van der Waals surface area (Å²) in [7, 11) is 1.72. The summed E-state index contributed by atoms with van der Waals surface area (Å²) in [6, 6.07) is 3.32. The Morgan fingerprint density at radius 2 is 2.12 bits per heavy atom. The lowest BCUT2D eigenvalue weighted by Gasteiger charge is -2.20. The first kappa shape index (κ1) is 13.3. The second-order valence-corrected chi connectivity index (χ2v) is 4.49. The van der Waals surface area contributed by atoms with Crippen LogP contribution in [0.5, 0.6) is 0 Å². The summed E-state index contributed by atoms with van der Waals surface area (Å²) in [5.41, 5.74) is 0.413. The van der Waals surface area contributed by atoms with E-state index in [2.05, 4.69) is 0 Å². The van der Waals surface area contributed by atoms with Crippen molar-refractivity contribution in [2.24, 2.45) is 5.92 Å². The average Bonchev–Trinajstić information content (AvgIpc) is 2.62. The van der Waals surface area contributed by atoms with E-state index in [-0.39, 0.29) is 12.5 Å². The summed E-state index contributed by atoms with van der Waals surface area (Å²) in [6.45, 7) is 4.51. The lowest BCUT2D eigenvalue weighted by molar-refractivity contribution is -0.137. The zero-order valence-electron chi connectivity index (χ0n) is 10.4. The van der Waals surface area contributed by atoms with Gasteiger partial charge in [0.15, 0.2) is 0 Å². The Kier molecular flexibility index (Phi) is 4.31. The van der Waals surface area contributed by atoms with Crippen LogP contribution in [0, 0.1) is 5.92 Å². The molecule has 17 heavy (non-hydrogen) atoms. The van der Waals surface area contributed by atoms with Crippen LogP contribution in [-0.4, -0.2) is 40.0 Å². The van der Waals surface area contributed by atoms with Crippen molar-refractivity contribution in [3.63, 3.8) is 0 Å². The van der Waals surface area contributed by atoms with Gasteiger partial charge in [0.1, 0.15) is 12.2 Å². The lowest BCUT2D eigenvalue weighted by atomic mass is 10.2. The van der Waals surface area contributed by atoms with Crippen LogP contribution in [0.4, 0.5) is 0 Å². The Hall–Kier alpha value is -1.78. The van der Waals surface area contributed by atoms with Crippen molar-refractivity contribution in [3.05, 3.63) is 24.0 Å². The van der Waals surface area contributed by atoms with Gasteiger partial charge in [-0.15, -0.1) is 0 Å². The number of rotatable bonds is 5. The van der Waals surface area contributed by atoms with Crippen LogP contribution in [-0.2, 0) is 11.3 Å². The molecule has 0 fully saturated rings. The molecule has 0 radical (unpaired) electrons. The summed E-state index contributed by atoms with van der Waals surface area (Å²) in [4.78, 5) is 24.3. The Morgan fingerprint density at radius 1 is 1.47 bits per heavy atom. The predicted octanol–water partition coefficient (Wildman–Crippen LogP) is 1.30. The van der Waals surface area contributed by atoms with Crippen LogP contribution >= 0.6 is 0 Å². The Bertz CT molecular complexity index is 410. The minimum atomic E-state index is -0.957. The van der Waals surface area contributed by atoms with Crippen LogP contribution in [0.1, 0.15) is 24.3 Å². The topological polar surface area (TPSA) is 62.5 Å². The highest BCUT2D eigenvalue weighted by Crippen LogP contribution is 2.07. The molecule has 0 aliphatic heterocycles. The zero-order valence-corrected chi connectivity index (χ0v) is 10.4. The summed E-state index contributed by atoms with van der Waals surface area (Å²) < 4.78 is 1.45. The van der Waals surface area contributed by atoms with Gasteiger partial charge < -0.3 is 14.6 Å². The van der Waals surface area contributed by atoms with Crippen LogP contribution < -0.4 is 0 Å². The molecular formula is C12H18N2O3. The minimum absolute atomic E-state index is 0.148. The van der Waals surface area contributed by atoms with Gasteiger partial charge >= 0.3 is 5.97 Å². The number of hydrogen-bond acceptors (Lipinski definition) is 2. The van der Waals surface area contributed by atoms with Crippen LogP contribution in [0.25, 0.3) is 0 Å². The molecule has 1 aromatic heterocycles. The summed E-state index contributed by atoms with van der Waals surface area (Å²) in [6.07, 6.45) is 1.60. The van der Waals surface area contributed by atoms with E-state index in [0.717, 1.165) is 0 Å². The van der Waals surface area contributed by atoms with Gasteiger partial charge in [0, 0.05) is 19.8 Å². The van der Waals surface area contributed by atoms with Crippen LogP contribution in [0.3, 0.4) is 0 Å². The van der Waals surface area contributed by atoms with Gasteiger partial charge in [-0.05, 0) is 18.1 Å². The van der Waals surface area contributed by atoms with E-state index in [9.17, 15) is 9.59 Å². The van der Waals surface area contributed by atoms with Gasteiger partial charge in [0.2, 0.25) is 0 Å². The SMILES string of the molecule is CC(C)CN(C)C(=O)c1cccn1CC(=O)O. The second-order valence-electron chi connectivity index (χ2n) is 4.49. The van der Waals surface area contributed by atoms with Crippen molar-refractivity contribution in [1.29, 1.82) is 0 Å². The summed E-state index contributed by atoms with van der Waals surface area (Å²) >= 11 is 0. The normalized spacial score (nSPS) is 10.6. The Labute approximate surface area is 101 Å². The first-order valence-corrected chi connectivity index (χ1v) is 5.54. The van der Waals surface area contributed by atoms with Gasteiger partial charge in [-0.25, -0.2) is 0 Å². The molecule has 0 saturated heterocycles. The third-order valence-corrected chi connectivity index (χ3v) is 2.34. The maximum Gasteiger partial charge on any atom is 0.323 e. The highest BCUT2D eigenvalue weighted by Gasteiger charge is 2.17. The largest absolute Gasteiger partial charge is 0.480 e. The van der Waals surface area contributed by atoms with E-state index in [1.165, 1.54) is 4.57 Å². The summed E-state index contributed by atoms with van der Waals surface area (Å²) in [5.74, 6) is -0.724. The molecule has 0 saturated carbocycles. The summed E-state index contributed by atoms with van der Waals surface area (Å²) in [5, 5.41) is 8.73. The first-order chi connectivity index (χ1) is 7.91. The molecule has 0 atom stereocenters. The fourth-order valence-electron chi connectivity index (χ4n) is 1.72. The van der Waals surface area contributed by atoms with Gasteiger partial charge in [-0.2, -0.15) is 0 Å². The van der Waals surface area contributed by atoms with Crippen molar-refractivity contribution in [1.82, 2.24) is 9.47 Å². The molecular weight excluding hydrogens is 220 g/mol. The highest BCUT2D eigenvalue weighted by molar-refractivity contribution is 5.93. The first-order valence-electron chi connectivity index (χ1n) is 5.54. The molecule has 1 aromatic rings. The van der Waals surface area contributed by atoms with Gasteiger partial charge in [-0.1, -0.05) is 13.8 Å². The average molecular weight is 238 g/mol. The molecule has 1 rings (SSSR count). The number of amides is 1. The molecule has 1 heterocycles. The Morgan fingerprint density at radius 3 is 2.65 bits per heavy atom. The standard InChI is InChI=1S/C12H18N2O3/c1-9(2)7-13(3)12(17)10-5-4-6-14(10)8-11(15)16/h4-6,9H,7-8H2,1-3H3,(H,15,16). The number of aliphatic carboxylic acids is 1. The van der Waals surface area contributed by atoms with Crippen LogP contribution in [0.2, 0.25) is 0 Å². The molecule has 5 nitrogen and oxygen atoms in total. The molecule has 0 unspecified atom stereocenters. The molecule has 0 bridgehead atoms. The third-order valence-electron chi connectivity index (χ3n) is 2.34. The van der Waals surface area contributed by atoms with Crippen LogP contribution in [0.15, 0.2) is 18.3 Å². The molecule has 94 valence electrons. The van der Waals surface area contributed by atoms with E-state index < -0.39 is 5.97 Å². The van der Waals surface area contributed by atoms with Crippen molar-refractivity contribution in [3.8, 4) is 0 Å². The van der Waals surface area contributed by atoms with Gasteiger partial charge in [0.05, 0.1) is 0 Å². The number of carbonyl (C=O) groups excluding carboxylic acids is 1. The smallest absolute Gasteiger partial charge is 0.323 e. The monoisotopic (exact) mass is 238 g/mol.